The van der Waals surface area contributed by atoms with Crippen molar-refractivity contribution in [1.82, 2.24) is 9.97 Å². The summed E-state index contributed by atoms with van der Waals surface area (Å²) in [6, 6.07) is 11.4. The Balaban J connectivity index is 1.58. The molecule has 0 aliphatic rings. The highest BCUT2D eigenvalue weighted by molar-refractivity contribution is 6.07. The van der Waals surface area contributed by atoms with Gasteiger partial charge in [-0.3, -0.25) is 9.59 Å². The lowest BCUT2D eigenvalue weighted by molar-refractivity contribution is -0.116. The second-order valence-electron chi connectivity index (χ2n) is 6.91. The minimum atomic E-state index is -0.224. The van der Waals surface area contributed by atoms with Gasteiger partial charge in [-0.1, -0.05) is 18.2 Å². The van der Waals surface area contributed by atoms with E-state index in [0.29, 0.717) is 40.5 Å². The van der Waals surface area contributed by atoms with Gasteiger partial charge in [-0.2, -0.15) is 0 Å². The molecular formula is C22H21N3O4. The van der Waals surface area contributed by atoms with E-state index in [1.165, 1.54) is 0 Å². The molecule has 0 saturated carbocycles. The van der Waals surface area contributed by atoms with E-state index in [1.54, 1.807) is 27.0 Å². The van der Waals surface area contributed by atoms with Crippen molar-refractivity contribution < 1.29 is 13.9 Å². The highest BCUT2D eigenvalue weighted by Crippen LogP contribution is 2.36. The molecule has 2 aromatic heterocycles. The summed E-state index contributed by atoms with van der Waals surface area (Å²) in [4.78, 5) is 31.6. The predicted octanol–water partition coefficient (Wildman–Crippen LogP) is 3.87. The number of fused-ring (bicyclic) bond motifs is 3. The Hall–Kier alpha value is -3.61. The number of nitrogens with one attached hydrogen (secondary N) is 2. The number of aryl methyl sites for hydroxylation is 2. The number of carbonyl (C=O) groups is 1. The molecule has 0 bridgehead atoms. The Labute approximate surface area is 166 Å². The number of carbonyl (C=O) groups excluding carboxylic acids is 1. The van der Waals surface area contributed by atoms with E-state index >= 15 is 0 Å². The van der Waals surface area contributed by atoms with Gasteiger partial charge in [-0.15, -0.1) is 0 Å². The largest absolute Gasteiger partial charge is 0.495 e. The van der Waals surface area contributed by atoms with Crippen LogP contribution in [0.25, 0.3) is 21.9 Å². The summed E-state index contributed by atoms with van der Waals surface area (Å²) in [5.74, 6) is 0.881. The van der Waals surface area contributed by atoms with E-state index in [-0.39, 0.29) is 17.9 Å². The van der Waals surface area contributed by atoms with Crippen LogP contribution < -0.4 is 15.6 Å². The average Bonchev–Trinajstić information content (AvgIpc) is 3.03. The third-order valence-electron chi connectivity index (χ3n) is 4.92. The molecule has 0 fully saturated rings. The topological polar surface area (TPSA) is 97.2 Å². The summed E-state index contributed by atoms with van der Waals surface area (Å²) in [6.07, 6.45) is 0.450. The molecule has 2 N–H and O–H groups in total. The van der Waals surface area contributed by atoms with E-state index in [0.717, 1.165) is 16.4 Å². The van der Waals surface area contributed by atoms with Crippen LogP contribution >= 0.6 is 0 Å². The van der Waals surface area contributed by atoms with Crippen molar-refractivity contribution in [2.75, 3.05) is 12.4 Å². The molecule has 0 saturated heterocycles. The van der Waals surface area contributed by atoms with Crippen molar-refractivity contribution in [2.24, 2.45) is 0 Å². The molecule has 0 unspecified atom stereocenters. The maximum Gasteiger partial charge on any atom is 0.254 e. The first-order valence-corrected chi connectivity index (χ1v) is 9.32. The number of para-hydroxylation sites is 1. The van der Waals surface area contributed by atoms with Crippen molar-refractivity contribution in [2.45, 2.75) is 26.7 Å². The molecule has 0 aliphatic carbocycles. The van der Waals surface area contributed by atoms with E-state index in [2.05, 4.69) is 15.3 Å². The molecule has 29 heavy (non-hydrogen) atoms. The molecule has 4 rings (SSSR count). The van der Waals surface area contributed by atoms with Crippen molar-refractivity contribution in [3.63, 3.8) is 0 Å². The smallest absolute Gasteiger partial charge is 0.254 e. The van der Waals surface area contributed by atoms with Crippen LogP contribution in [0, 0.1) is 13.8 Å². The molecule has 4 aromatic rings. The number of anilines is 1. The lowest BCUT2D eigenvalue weighted by Gasteiger charge is -2.11. The molecule has 2 aromatic carbocycles. The molecule has 1 amide bonds. The second kappa shape index (κ2) is 7.43. The number of amides is 1. The Kier molecular flexibility index (Phi) is 4.80. The lowest BCUT2D eigenvalue weighted by Crippen LogP contribution is -2.20. The van der Waals surface area contributed by atoms with Gasteiger partial charge >= 0.3 is 0 Å². The van der Waals surface area contributed by atoms with Crippen LogP contribution in [0.2, 0.25) is 0 Å². The molecule has 7 heteroatoms. The number of furan rings is 1. The van der Waals surface area contributed by atoms with Gasteiger partial charge < -0.3 is 19.5 Å². The van der Waals surface area contributed by atoms with Crippen LogP contribution in [-0.4, -0.2) is 23.0 Å². The number of hydrogen-bond donors (Lipinski definition) is 2. The zero-order valence-electron chi connectivity index (χ0n) is 16.5. The van der Waals surface area contributed by atoms with Crippen LogP contribution in [0.1, 0.15) is 23.5 Å². The highest BCUT2D eigenvalue weighted by Gasteiger charge is 2.15. The normalized spacial score (nSPS) is 11.1. The standard InChI is InChI=1S/C22H21N3O4/c1-12-14(22(27)24-13(2)23-12)8-9-21(26)25-17-11-19-16(10-20(17)28-3)15-6-4-5-7-18(15)29-19/h4-7,10-11H,8-9H2,1-3H3,(H,25,26)(H,23,24,27). The fraction of sp³-hybridized carbons (Fsp3) is 0.227. The summed E-state index contributed by atoms with van der Waals surface area (Å²) in [5, 5.41) is 4.77. The first kappa shape index (κ1) is 18.7. The van der Waals surface area contributed by atoms with Crippen LogP contribution in [0.5, 0.6) is 5.75 Å². The first-order valence-electron chi connectivity index (χ1n) is 9.32. The van der Waals surface area contributed by atoms with Gasteiger partial charge in [-0.05, 0) is 32.4 Å². The van der Waals surface area contributed by atoms with E-state index < -0.39 is 0 Å². The quantitative estimate of drug-likeness (QED) is 0.538. The van der Waals surface area contributed by atoms with Gasteiger partial charge in [0, 0.05) is 34.5 Å². The minimum absolute atomic E-state index is 0.149. The van der Waals surface area contributed by atoms with E-state index in [1.807, 2.05) is 30.3 Å². The van der Waals surface area contributed by atoms with Gasteiger partial charge in [0.25, 0.3) is 5.56 Å². The Morgan fingerprint density at radius 1 is 1.17 bits per heavy atom. The first-order chi connectivity index (χ1) is 14.0. The summed E-state index contributed by atoms with van der Waals surface area (Å²) < 4.78 is 11.4. The summed E-state index contributed by atoms with van der Waals surface area (Å²) in [6.45, 7) is 3.50. The van der Waals surface area contributed by atoms with Crippen LogP contribution in [0.3, 0.4) is 0 Å². The van der Waals surface area contributed by atoms with Crippen LogP contribution in [0.4, 0.5) is 5.69 Å². The highest BCUT2D eigenvalue weighted by atomic mass is 16.5. The fourth-order valence-electron chi connectivity index (χ4n) is 3.51. The monoisotopic (exact) mass is 391 g/mol. The third-order valence-corrected chi connectivity index (χ3v) is 4.92. The van der Waals surface area contributed by atoms with Gasteiger partial charge in [0.15, 0.2) is 0 Å². The minimum Gasteiger partial charge on any atom is -0.495 e. The molecule has 0 radical (unpaired) electrons. The Morgan fingerprint density at radius 3 is 2.72 bits per heavy atom. The van der Waals surface area contributed by atoms with Crippen LogP contribution in [-0.2, 0) is 11.2 Å². The molecule has 0 aliphatic heterocycles. The van der Waals surface area contributed by atoms with Gasteiger partial charge in [0.2, 0.25) is 5.91 Å². The van der Waals surface area contributed by atoms with Gasteiger partial charge in [0.05, 0.1) is 12.8 Å². The average molecular weight is 391 g/mol. The molecule has 148 valence electrons. The molecule has 0 atom stereocenters. The number of methoxy groups -OCH3 is 1. The predicted molar refractivity (Wildman–Crippen MR) is 112 cm³/mol. The molecule has 2 heterocycles. The van der Waals surface area contributed by atoms with Gasteiger partial charge in [0.1, 0.15) is 22.7 Å². The number of nitrogens with zero attached hydrogens (tertiary/aromatic N) is 1. The number of hydrogen-bond acceptors (Lipinski definition) is 5. The van der Waals surface area contributed by atoms with E-state index in [9.17, 15) is 9.59 Å². The Morgan fingerprint density at radius 2 is 1.97 bits per heavy atom. The number of rotatable bonds is 5. The maximum absolute atomic E-state index is 12.5. The van der Waals surface area contributed by atoms with Crippen LogP contribution in [0.15, 0.2) is 45.6 Å². The third kappa shape index (κ3) is 3.59. The summed E-state index contributed by atoms with van der Waals surface area (Å²) in [7, 11) is 1.56. The Bertz CT molecular complexity index is 1290. The summed E-state index contributed by atoms with van der Waals surface area (Å²) in [5.41, 5.74) is 2.92. The zero-order valence-corrected chi connectivity index (χ0v) is 16.5. The molecule has 0 spiro atoms. The zero-order chi connectivity index (χ0) is 20.5. The number of H-pyrrole nitrogens is 1. The molecular weight excluding hydrogens is 370 g/mol. The van der Waals surface area contributed by atoms with Crippen molar-refractivity contribution in [3.05, 3.63) is 63.8 Å². The number of benzene rings is 2. The molecule has 7 nitrogen and oxygen atoms in total. The van der Waals surface area contributed by atoms with Crippen molar-refractivity contribution in [3.8, 4) is 5.75 Å². The van der Waals surface area contributed by atoms with Crippen molar-refractivity contribution in [1.29, 1.82) is 0 Å². The SMILES string of the molecule is COc1cc2c(cc1NC(=O)CCc1c(C)nc(C)[nH]c1=O)oc1ccccc12. The number of ether oxygens (including phenoxy) is 1. The van der Waals surface area contributed by atoms with Gasteiger partial charge in [-0.25, -0.2) is 4.98 Å². The summed E-state index contributed by atoms with van der Waals surface area (Å²) >= 11 is 0. The fourth-order valence-corrected chi connectivity index (χ4v) is 3.51. The van der Waals surface area contributed by atoms with E-state index in [4.69, 9.17) is 9.15 Å². The lowest BCUT2D eigenvalue weighted by atomic mass is 10.1. The second-order valence-corrected chi connectivity index (χ2v) is 6.91. The number of aromatic nitrogens is 2. The maximum atomic E-state index is 12.5. The van der Waals surface area contributed by atoms with Crippen molar-refractivity contribution >= 4 is 33.5 Å². The number of aromatic amines is 1.